The zero-order valence-electron chi connectivity index (χ0n) is 20.1. The van der Waals surface area contributed by atoms with E-state index >= 15 is 0 Å². The summed E-state index contributed by atoms with van der Waals surface area (Å²) in [4.78, 5) is 12.6. The van der Waals surface area contributed by atoms with E-state index in [9.17, 15) is 31.5 Å². The second kappa shape index (κ2) is 12.9. The van der Waals surface area contributed by atoms with Crippen molar-refractivity contribution in [3.63, 3.8) is 0 Å². The lowest BCUT2D eigenvalue weighted by Gasteiger charge is -2.15. The number of aromatic nitrogens is 2. The predicted molar refractivity (Wildman–Crippen MR) is 127 cm³/mol. The minimum Gasteiger partial charge on any atom is -0.504 e. The Morgan fingerprint density at radius 3 is 2.09 bits per heavy atom. The van der Waals surface area contributed by atoms with Crippen LogP contribution in [0, 0.1) is 0 Å². The third kappa shape index (κ3) is 8.55. The highest BCUT2D eigenvalue weighted by Crippen LogP contribution is 2.38. The Hall–Kier alpha value is -2.56. The standard InChI is InChI=1S/C24H33F3N2O5S/c1-3-4-5-6-7-8-9-10-11-14-17-35(32,33)22-21(30)20(23(31)29(2)28-22)18-15-12-13-16-19(18)34-24(25,26)27/h12-13,15-16,30H,3-11,14,17H2,1-2H3. The number of para-hydroxylation sites is 1. The van der Waals surface area contributed by atoms with Gasteiger partial charge in [0.15, 0.2) is 5.75 Å². The van der Waals surface area contributed by atoms with Crippen LogP contribution in [0.3, 0.4) is 0 Å². The zero-order chi connectivity index (χ0) is 26.1. The molecule has 0 atom stereocenters. The number of sulfone groups is 1. The van der Waals surface area contributed by atoms with Crippen LogP contribution in [-0.2, 0) is 16.9 Å². The number of rotatable bonds is 14. The molecule has 7 nitrogen and oxygen atoms in total. The molecule has 0 amide bonds. The summed E-state index contributed by atoms with van der Waals surface area (Å²) in [5, 5.41) is 13.6. The second-order valence-corrected chi connectivity index (χ2v) is 10.5. The van der Waals surface area contributed by atoms with Gasteiger partial charge in [0.05, 0.1) is 11.3 Å². The van der Waals surface area contributed by atoms with Crippen LogP contribution < -0.4 is 10.3 Å². The van der Waals surface area contributed by atoms with E-state index in [2.05, 4.69) is 16.8 Å². The summed E-state index contributed by atoms with van der Waals surface area (Å²) >= 11 is 0. The van der Waals surface area contributed by atoms with E-state index < -0.39 is 43.8 Å². The summed E-state index contributed by atoms with van der Waals surface area (Å²) in [6.07, 6.45) is 5.00. The van der Waals surface area contributed by atoms with Gasteiger partial charge in [-0.15, -0.1) is 13.2 Å². The number of hydrogen-bond donors (Lipinski definition) is 1. The topological polar surface area (TPSA) is 98.5 Å². The SMILES string of the molecule is CCCCCCCCCCCCS(=O)(=O)c1nn(C)c(=O)c(-c2ccccc2OC(F)(F)F)c1O. The fourth-order valence-corrected chi connectivity index (χ4v) is 5.24. The van der Waals surface area contributed by atoms with Gasteiger partial charge in [-0.1, -0.05) is 82.9 Å². The monoisotopic (exact) mass is 518 g/mol. The van der Waals surface area contributed by atoms with Crippen LogP contribution in [0.15, 0.2) is 34.1 Å². The molecule has 0 aliphatic rings. The lowest BCUT2D eigenvalue weighted by molar-refractivity contribution is -0.274. The highest BCUT2D eigenvalue weighted by Gasteiger charge is 2.34. The average Bonchev–Trinajstić information content (AvgIpc) is 2.77. The number of benzene rings is 1. The van der Waals surface area contributed by atoms with Gasteiger partial charge in [0, 0.05) is 12.6 Å². The van der Waals surface area contributed by atoms with Crippen LogP contribution in [0.5, 0.6) is 11.5 Å². The molecule has 0 aliphatic carbocycles. The van der Waals surface area contributed by atoms with Crippen molar-refractivity contribution in [2.45, 2.75) is 82.5 Å². The summed E-state index contributed by atoms with van der Waals surface area (Å²) in [5.41, 5.74) is -1.97. The van der Waals surface area contributed by atoms with E-state index in [1.54, 1.807) is 0 Å². The summed E-state index contributed by atoms with van der Waals surface area (Å²) in [6, 6.07) is 4.71. The minimum atomic E-state index is -5.05. The fraction of sp³-hybridized carbons (Fsp3) is 0.583. The number of halogens is 3. The van der Waals surface area contributed by atoms with Crippen molar-refractivity contribution in [3.8, 4) is 22.6 Å². The molecule has 2 aromatic rings. The van der Waals surface area contributed by atoms with Crippen molar-refractivity contribution < 1.29 is 31.4 Å². The minimum absolute atomic E-state index is 0.303. The Morgan fingerprint density at radius 2 is 1.51 bits per heavy atom. The van der Waals surface area contributed by atoms with Gasteiger partial charge in [0.25, 0.3) is 5.56 Å². The van der Waals surface area contributed by atoms with Crippen molar-refractivity contribution in [3.05, 3.63) is 34.6 Å². The number of hydrogen-bond acceptors (Lipinski definition) is 6. The molecule has 0 fully saturated rings. The molecular weight excluding hydrogens is 485 g/mol. The molecule has 1 aromatic carbocycles. The summed E-state index contributed by atoms with van der Waals surface area (Å²) in [5.74, 6) is -2.03. The van der Waals surface area contributed by atoms with Gasteiger partial charge in [-0.25, -0.2) is 13.1 Å². The van der Waals surface area contributed by atoms with E-state index in [4.69, 9.17) is 0 Å². The largest absolute Gasteiger partial charge is 0.573 e. The Labute approximate surface area is 203 Å². The summed E-state index contributed by atoms with van der Waals surface area (Å²) in [6.45, 7) is 2.17. The maximum absolute atomic E-state index is 12.9. The van der Waals surface area contributed by atoms with Gasteiger partial charge in [-0.05, 0) is 12.5 Å². The highest BCUT2D eigenvalue weighted by atomic mass is 32.2. The highest BCUT2D eigenvalue weighted by molar-refractivity contribution is 7.91. The number of alkyl halides is 3. The Kier molecular flexibility index (Phi) is 10.6. The lowest BCUT2D eigenvalue weighted by atomic mass is 10.1. The van der Waals surface area contributed by atoms with Crippen LogP contribution in [0.25, 0.3) is 11.1 Å². The van der Waals surface area contributed by atoms with Gasteiger partial charge >= 0.3 is 6.36 Å². The molecule has 0 saturated heterocycles. The predicted octanol–water partition coefficient (Wildman–Crippen LogP) is 5.75. The third-order valence-electron chi connectivity index (χ3n) is 5.63. The number of unbranched alkanes of at least 4 members (excludes halogenated alkanes) is 9. The van der Waals surface area contributed by atoms with E-state index in [-0.39, 0.29) is 11.3 Å². The molecule has 1 heterocycles. The van der Waals surface area contributed by atoms with Crippen molar-refractivity contribution in [1.82, 2.24) is 9.78 Å². The Bertz CT molecular complexity index is 1130. The first kappa shape index (κ1) is 28.7. The number of nitrogens with zero attached hydrogens (tertiary/aromatic N) is 2. The normalized spacial score (nSPS) is 12.1. The van der Waals surface area contributed by atoms with Gasteiger partial charge < -0.3 is 9.84 Å². The first-order valence-corrected chi connectivity index (χ1v) is 13.5. The van der Waals surface area contributed by atoms with Crippen molar-refractivity contribution in [2.24, 2.45) is 7.05 Å². The molecule has 1 aromatic heterocycles. The fourth-order valence-electron chi connectivity index (χ4n) is 3.81. The van der Waals surface area contributed by atoms with Gasteiger partial charge in [0.2, 0.25) is 14.9 Å². The smallest absolute Gasteiger partial charge is 0.504 e. The summed E-state index contributed by atoms with van der Waals surface area (Å²) < 4.78 is 68.9. The molecule has 0 radical (unpaired) electrons. The average molecular weight is 519 g/mol. The quantitative estimate of drug-likeness (QED) is 0.320. The molecule has 11 heteroatoms. The molecule has 1 N–H and O–H groups in total. The van der Waals surface area contributed by atoms with Crippen molar-refractivity contribution >= 4 is 9.84 Å². The van der Waals surface area contributed by atoms with E-state index in [1.165, 1.54) is 37.8 Å². The van der Waals surface area contributed by atoms with Gasteiger partial charge in [0.1, 0.15) is 5.75 Å². The van der Waals surface area contributed by atoms with Crippen molar-refractivity contribution in [1.29, 1.82) is 0 Å². The van der Waals surface area contributed by atoms with E-state index in [0.29, 0.717) is 17.5 Å². The molecule has 0 bridgehead atoms. The molecule has 196 valence electrons. The van der Waals surface area contributed by atoms with E-state index in [1.807, 2.05) is 0 Å². The second-order valence-electron chi connectivity index (χ2n) is 8.50. The van der Waals surface area contributed by atoms with Crippen LogP contribution in [0.2, 0.25) is 0 Å². The third-order valence-corrected chi connectivity index (χ3v) is 7.32. The van der Waals surface area contributed by atoms with Gasteiger partial charge in [-0.3, -0.25) is 4.79 Å². The van der Waals surface area contributed by atoms with E-state index in [0.717, 1.165) is 44.9 Å². The first-order valence-electron chi connectivity index (χ1n) is 11.9. The molecule has 0 unspecified atom stereocenters. The molecule has 0 aliphatic heterocycles. The number of ether oxygens (including phenoxy) is 1. The Balaban J connectivity index is 2.15. The maximum Gasteiger partial charge on any atom is 0.573 e. The zero-order valence-corrected chi connectivity index (χ0v) is 20.9. The molecule has 2 rings (SSSR count). The number of aryl methyl sites for hydroxylation is 1. The van der Waals surface area contributed by atoms with Crippen LogP contribution in [0.4, 0.5) is 13.2 Å². The van der Waals surface area contributed by atoms with Crippen LogP contribution >= 0.6 is 0 Å². The van der Waals surface area contributed by atoms with Crippen LogP contribution in [-0.4, -0.2) is 35.4 Å². The van der Waals surface area contributed by atoms with Gasteiger partial charge in [-0.2, -0.15) is 5.10 Å². The van der Waals surface area contributed by atoms with Crippen LogP contribution in [0.1, 0.15) is 71.1 Å². The first-order chi connectivity index (χ1) is 16.5. The maximum atomic E-state index is 12.9. The number of aromatic hydroxyl groups is 1. The molecule has 0 spiro atoms. The van der Waals surface area contributed by atoms with Crippen molar-refractivity contribution in [2.75, 3.05) is 5.75 Å². The Morgan fingerprint density at radius 1 is 0.971 bits per heavy atom. The molecular formula is C24H33F3N2O5S. The molecule has 35 heavy (non-hydrogen) atoms. The summed E-state index contributed by atoms with van der Waals surface area (Å²) in [7, 11) is -2.94. The molecule has 0 saturated carbocycles. The lowest BCUT2D eigenvalue weighted by Crippen LogP contribution is -2.25.